The molecule has 2 rings (SSSR count). The number of halogens is 1. The van der Waals surface area contributed by atoms with Gasteiger partial charge in [-0.15, -0.1) is 0 Å². The van der Waals surface area contributed by atoms with Gasteiger partial charge in [0.15, 0.2) is 0 Å². The summed E-state index contributed by atoms with van der Waals surface area (Å²) in [6, 6.07) is 7.09. The Morgan fingerprint density at radius 1 is 1.47 bits per heavy atom. The molecule has 1 aliphatic carbocycles. The van der Waals surface area contributed by atoms with E-state index in [0.29, 0.717) is 11.6 Å². The summed E-state index contributed by atoms with van der Waals surface area (Å²) in [6.45, 7) is 3.73. The van der Waals surface area contributed by atoms with Crippen molar-refractivity contribution >= 4 is 5.69 Å². The second-order valence-corrected chi connectivity index (χ2v) is 5.23. The largest absolute Gasteiger partial charge is 0.367 e. The summed E-state index contributed by atoms with van der Waals surface area (Å²) in [5.41, 5.74) is 0.952. The van der Waals surface area contributed by atoms with E-state index in [-0.39, 0.29) is 5.82 Å². The van der Waals surface area contributed by atoms with Crippen LogP contribution in [0.15, 0.2) is 18.2 Å². The molecule has 3 heteroatoms. The predicted octanol–water partition coefficient (Wildman–Crippen LogP) is 3.63. The molecular formula is C14H17FN2. The van der Waals surface area contributed by atoms with Crippen LogP contribution in [-0.2, 0) is 0 Å². The fourth-order valence-electron chi connectivity index (χ4n) is 2.15. The SMILES string of the molecule is Cc1cc(F)cc(NC(C)(C#N)CC2CC2)c1. The van der Waals surface area contributed by atoms with E-state index in [9.17, 15) is 9.65 Å². The Hall–Kier alpha value is -1.56. The van der Waals surface area contributed by atoms with Crippen LogP contribution in [0.1, 0.15) is 31.7 Å². The maximum absolute atomic E-state index is 13.3. The number of hydrogen-bond donors (Lipinski definition) is 1. The average Bonchev–Trinajstić information content (AvgIpc) is 2.99. The molecule has 1 atom stereocenters. The van der Waals surface area contributed by atoms with Gasteiger partial charge in [0, 0.05) is 5.69 Å². The Bertz CT molecular complexity index is 440. The van der Waals surface area contributed by atoms with Crippen molar-refractivity contribution in [1.82, 2.24) is 0 Å². The van der Waals surface area contributed by atoms with Crippen LogP contribution in [-0.4, -0.2) is 5.54 Å². The standard InChI is InChI=1S/C14H17FN2/c1-10-5-12(15)7-13(6-10)17-14(2,9-16)8-11-3-4-11/h5-7,11,17H,3-4,8H2,1-2H3. The van der Waals surface area contributed by atoms with Crippen LogP contribution >= 0.6 is 0 Å². The lowest BCUT2D eigenvalue weighted by atomic mass is 9.96. The summed E-state index contributed by atoms with van der Waals surface area (Å²) in [4.78, 5) is 0. The fraction of sp³-hybridized carbons (Fsp3) is 0.500. The average molecular weight is 232 g/mol. The molecule has 90 valence electrons. The molecule has 1 aromatic rings. The van der Waals surface area contributed by atoms with Gasteiger partial charge in [-0.2, -0.15) is 5.26 Å². The van der Waals surface area contributed by atoms with Gasteiger partial charge in [-0.25, -0.2) is 4.39 Å². The van der Waals surface area contributed by atoms with Crippen molar-refractivity contribution in [3.63, 3.8) is 0 Å². The van der Waals surface area contributed by atoms with Crippen molar-refractivity contribution in [1.29, 1.82) is 5.26 Å². The van der Waals surface area contributed by atoms with Crippen LogP contribution in [0, 0.1) is 30.0 Å². The third-order valence-corrected chi connectivity index (χ3v) is 3.10. The number of anilines is 1. The number of benzene rings is 1. The Kier molecular flexibility index (Phi) is 3.06. The first-order valence-electron chi connectivity index (χ1n) is 5.97. The van der Waals surface area contributed by atoms with Gasteiger partial charge in [0.05, 0.1) is 6.07 Å². The van der Waals surface area contributed by atoms with Crippen molar-refractivity contribution in [3.8, 4) is 6.07 Å². The minimum atomic E-state index is -0.596. The molecule has 0 amide bonds. The van der Waals surface area contributed by atoms with Crippen molar-refractivity contribution in [2.24, 2.45) is 5.92 Å². The van der Waals surface area contributed by atoms with Crippen LogP contribution < -0.4 is 5.32 Å². The second-order valence-electron chi connectivity index (χ2n) is 5.23. The van der Waals surface area contributed by atoms with Crippen LogP contribution in [0.2, 0.25) is 0 Å². The lowest BCUT2D eigenvalue weighted by Crippen LogP contribution is -2.33. The molecule has 1 N–H and O–H groups in total. The van der Waals surface area contributed by atoms with E-state index in [2.05, 4.69) is 11.4 Å². The van der Waals surface area contributed by atoms with Crippen LogP contribution in [0.4, 0.5) is 10.1 Å². The molecule has 0 aromatic heterocycles. The zero-order valence-electron chi connectivity index (χ0n) is 10.3. The molecule has 0 heterocycles. The first-order valence-corrected chi connectivity index (χ1v) is 5.97. The summed E-state index contributed by atoms with van der Waals surface area (Å²) >= 11 is 0. The molecule has 0 bridgehead atoms. The molecule has 0 saturated heterocycles. The molecule has 2 nitrogen and oxygen atoms in total. The van der Waals surface area contributed by atoms with E-state index in [1.54, 1.807) is 0 Å². The van der Waals surface area contributed by atoms with Crippen molar-refractivity contribution < 1.29 is 4.39 Å². The van der Waals surface area contributed by atoms with Gasteiger partial charge in [-0.05, 0) is 49.9 Å². The number of hydrogen-bond acceptors (Lipinski definition) is 2. The van der Waals surface area contributed by atoms with Crippen LogP contribution in [0.3, 0.4) is 0 Å². The van der Waals surface area contributed by atoms with Crippen molar-refractivity contribution in [3.05, 3.63) is 29.6 Å². The van der Waals surface area contributed by atoms with Crippen LogP contribution in [0.5, 0.6) is 0 Å². The molecule has 1 fully saturated rings. The third-order valence-electron chi connectivity index (χ3n) is 3.10. The van der Waals surface area contributed by atoms with Crippen molar-refractivity contribution in [2.75, 3.05) is 5.32 Å². The van der Waals surface area contributed by atoms with Gasteiger partial charge in [-0.1, -0.05) is 12.8 Å². The lowest BCUT2D eigenvalue weighted by molar-refractivity contribution is 0.543. The molecule has 1 aliphatic rings. The quantitative estimate of drug-likeness (QED) is 0.860. The highest BCUT2D eigenvalue weighted by atomic mass is 19.1. The Morgan fingerprint density at radius 2 is 2.18 bits per heavy atom. The normalized spacial score (nSPS) is 18.2. The summed E-state index contributed by atoms with van der Waals surface area (Å²) in [5, 5.41) is 12.4. The molecular weight excluding hydrogens is 215 g/mol. The highest BCUT2D eigenvalue weighted by Gasteiger charge is 2.33. The van der Waals surface area contributed by atoms with Gasteiger partial charge >= 0.3 is 0 Å². The Balaban J connectivity index is 2.14. The number of nitrogens with one attached hydrogen (secondary N) is 1. The number of aryl methyl sites for hydroxylation is 1. The fourth-order valence-corrected chi connectivity index (χ4v) is 2.15. The minimum absolute atomic E-state index is 0.265. The van der Waals surface area contributed by atoms with Crippen molar-refractivity contribution in [2.45, 2.75) is 38.6 Å². The van der Waals surface area contributed by atoms with Gasteiger partial charge in [0.2, 0.25) is 0 Å². The summed E-state index contributed by atoms with van der Waals surface area (Å²) in [6.07, 6.45) is 3.25. The van der Waals surface area contributed by atoms with Gasteiger partial charge in [0.1, 0.15) is 11.4 Å². The van der Waals surface area contributed by atoms with E-state index in [4.69, 9.17) is 0 Å². The second kappa shape index (κ2) is 4.37. The maximum Gasteiger partial charge on any atom is 0.125 e. The first kappa shape index (κ1) is 11.9. The smallest absolute Gasteiger partial charge is 0.125 e. The van der Waals surface area contributed by atoms with Gasteiger partial charge < -0.3 is 5.32 Å². The molecule has 0 radical (unpaired) electrons. The van der Waals surface area contributed by atoms with E-state index in [0.717, 1.165) is 12.0 Å². The third kappa shape index (κ3) is 3.20. The van der Waals surface area contributed by atoms with E-state index in [1.807, 2.05) is 19.9 Å². The highest BCUT2D eigenvalue weighted by Crippen LogP contribution is 2.37. The number of rotatable bonds is 4. The molecule has 1 saturated carbocycles. The highest BCUT2D eigenvalue weighted by molar-refractivity contribution is 5.49. The van der Waals surface area contributed by atoms with E-state index < -0.39 is 5.54 Å². The summed E-state index contributed by atoms with van der Waals surface area (Å²) < 4.78 is 13.3. The molecule has 0 spiro atoms. The Labute approximate surface area is 101 Å². The number of nitrogens with zero attached hydrogens (tertiary/aromatic N) is 1. The number of nitriles is 1. The molecule has 1 unspecified atom stereocenters. The molecule has 17 heavy (non-hydrogen) atoms. The van der Waals surface area contributed by atoms with Crippen LogP contribution in [0.25, 0.3) is 0 Å². The van der Waals surface area contributed by atoms with Gasteiger partial charge in [-0.3, -0.25) is 0 Å². The predicted molar refractivity (Wildman–Crippen MR) is 66.1 cm³/mol. The monoisotopic (exact) mass is 232 g/mol. The lowest BCUT2D eigenvalue weighted by Gasteiger charge is -2.24. The topological polar surface area (TPSA) is 35.8 Å². The maximum atomic E-state index is 13.3. The molecule has 0 aliphatic heterocycles. The minimum Gasteiger partial charge on any atom is -0.367 e. The van der Waals surface area contributed by atoms with E-state index >= 15 is 0 Å². The molecule has 1 aromatic carbocycles. The zero-order chi connectivity index (χ0) is 12.5. The van der Waals surface area contributed by atoms with E-state index in [1.165, 1.54) is 25.0 Å². The Morgan fingerprint density at radius 3 is 2.71 bits per heavy atom. The zero-order valence-corrected chi connectivity index (χ0v) is 10.3. The van der Waals surface area contributed by atoms with Gasteiger partial charge in [0.25, 0.3) is 0 Å². The first-order chi connectivity index (χ1) is 8.00. The summed E-state index contributed by atoms with van der Waals surface area (Å²) in [7, 11) is 0. The summed E-state index contributed by atoms with van der Waals surface area (Å²) in [5.74, 6) is 0.390.